The molecule has 1 aromatic carbocycles. The molecule has 11 nitrogen and oxygen atoms in total. The molecular weight excluding hydrogens is 592 g/mol. The molecule has 2 aliphatic carbocycles. The summed E-state index contributed by atoms with van der Waals surface area (Å²) >= 11 is 6.95. The molecule has 3 unspecified atom stereocenters. The second kappa shape index (κ2) is 13.9. The van der Waals surface area contributed by atoms with Crippen molar-refractivity contribution in [2.75, 3.05) is 20.3 Å². The fraction of sp³-hybridized carbons (Fsp3) is 0.367. The number of hydrogen-bond acceptors (Lipinski definition) is 10. The first kappa shape index (κ1) is 30.3. The summed E-state index contributed by atoms with van der Waals surface area (Å²) in [7, 11) is 1.55. The van der Waals surface area contributed by atoms with Crippen LogP contribution in [0.15, 0.2) is 52.2 Å². The van der Waals surface area contributed by atoms with E-state index in [1.807, 2.05) is 23.1 Å². The Morgan fingerprint density at radius 2 is 2.09 bits per heavy atom. The number of fused-ring (bicyclic) bond motifs is 2. The number of furan rings is 1. The normalized spacial score (nSPS) is 21.5. The highest BCUT2D eigenvalue weighted by atomic mass is 32.2. The smallest absolute Gasteiger partial charge is 0.373 e. The van der Waals surface area contributed by atoms with Crippen molar-refractivity contribution in [1.29, 1.82) is 0 Å². The number of aromatic nitrogens is 2. The van der Waals surface area contributed by atoms with Crippen LogP contribution in [0.25, 0.3) is 17.4 Å². The van der Waals surface area contributed by atoms with Gasteiger partial charge in [0.1, 0.15) is 15.8 Å². The molecule has 2 N–H and O–H groups in total. The SMILES string of the molecule is COc1ccc(-c2ccc(/C=C3\SC(=S)N(C4CC5CCC4C5)C3=O)o2)cc1OCC(=O)NCCc1cnc[nH]1.O=C=O. The van der Waals surface area contributed by atoms with Crippen LogP contribution < -0.4 is 14.8 Å². The summed E-state index contributed by atoms with van der Waals surface area (Å²) in [6, 6.07) is 9.30. The van der Waals surface area contributed by atoms with Crippen LogP contribution in [-0.2, 0) is 25.6 Å². The molecule has 2 saturated carbocycles. The Kier molecular flexibility index (Phi) is 9.75. The van der Waals surface area contributed by atoms with Gasteiger partial charge in [0.05, 0.1) is 18.3 Å². The Balaban J connectivity index is 0.00000118. The Labute approximate surface area is 257 Å². The van der Waals surface area contributed by atoms with Gasteiger partial charge >= 0.3 is 6.15 Å². The van der Waals surface area contributed by atoms with Crippen molar-refractivity contribution in [2.24, 2.45) is 11.8 Å². The van der Waals surface area contributed by atoms with Crippen LogP contribution in [0.2, 0.25) is 0 Å². The molecule has 3 aliphatic rings. The zero-order chi connectivity index (χ0) is 30.3. The maximum Gasteiger partial charge on any atom is 0.373 e. The number of amides is 2. The first-order valence-electron chi connectivity index (χ1n) is 13.8. The van der Waals surface area contributed by atoms with Gasteiger partial charge in [-0.15, -0.1) is 0 Å². The molecule has 3 heterocycles. The van der Waals surface area contributed by atoms with Crippen LogP contribution in [0.3, 0.4) is 0 Å². The van der Waals surface area contributed by atoms with E-state index in [4.69, 9.17) is 35.7 Å². The van der Waals surface area contributed by atoms with E-state index in [1.54, 1.807) is 37.8 Å². The predicted molar refractivity (Wildman–Crippen MR) is 161 cm³/mol. The topological polar surface area (TPSA) is 144 Å². The van der Waals surface area contributed by atoms with Crippen molar-refractivity contribution in [2.45, 2.75) is 38.1 Å². The molecule has 224 valence electrons. The number of nitrogens with one attached hydrogen (secondary N) is 2. The van der Waals surface area contributed by atoms with Gasteiger partial charge in [-0.05, 0) is 61.4 Å². The molecule has 2 aromatic heterocycles. The molecule has 0 radical (unpaired) electrons. The van der Waals surface area contributed by atoms with Gasteiger partial charge in [-0.2, -0.15) is 9.59 Å². The van der Waals surface area contributed by atoms with E-state index in [9.17, 15) is 9.59 Å². The minimum atomic E-state index is -0.241. The maximum absolute atomic E-state index is 13.3. The standard InChI is InChI=1S/C29H30N4O5S2.CO2/c1-36-24-6-4-19(12-25(24)37-15-27(34)31-9-8-20-14-30-16-32-20)23-7-5-21(38-23)13-26-28(35)33(29(39)40-26)22-11-17-2-3-18(22)10-17;2-1-3/h4-7,12-14,16-18,22H,2-3,8-11,15H2,1H3,(H,30,32)(H,31,34);/b26-13-;. The van der Waals surface area contributed by atoms with Crippen LogP contribution in [0.5, 0.6) is 11.5 Å². The number of ether oxygens (including phenoxy) is 2. The summed E-state index contributed by atoms with van der Waals surface area (Å²) in [5.74, 6) is 3.14. The number of thiocarbonyl (C=S) groups is 1. The van der Waals surface area contributed by atoms with Gasteiger partial charge in [-0.25, -0.2) is 4.98 Å². The molecular formula is C30H30N4O7S2. The average Bonchev–Trinajstić information content (AvgIpc) is 3.84. The maximum atomic E-state index is 13.3. The summed E-state index contributed by atoms with van der Waals surface area (Å²) < 4.78 is 17.9. The molecule has 43 heavy (non-hydrogen) atoms. The average molecular weight is 623 g/mol. The summed E-state index contributed by atoms with van der Waals surface area (Å²) in [6.07, 6.45) is 10.7. The molecule has 1 saturated heterocycles. The van der Waals surface area contributed by atoms with E-state index in [-0.39, 0.29) is 30.6 Å². The van der Waals surface area contributed by atoms with Crippen LogP contribution in [0.1, 0.15) is 37.1 Å². The minimum Gasteiger partial charge on any atom is -0.493 e. The Bertz CT molecular complexity index is 1550. The first-order chi connectivity index (χ1) is 20.9. The lowest BCUT2D eigenvalue weighted by Gasteiger charge is -2.30. The van der Waals surface area contributed by atoms with Gasteiger partial charge in [-0.1, -0.05) is 30.4 Å². The van der Waals surface area contributed by atoms with Crippen molar-refractivity contribution < 1.29 is 33.1 Å². The zero-order valence-electron chi connectivity index (χ0n) is 23.4. The summed E-state index contributed by atoms with van der Waals surface area (Å²) in [6.45, 7) is 0.313. The zero-order valence-corrected chi connectivity index (χ0v) is 25.0. The van der Waals surface area contributed by atoms with Crippen molar-refractivity contribution in [3.63, 3.8) is 0 Å². The first-order valence-corrected chi connectivity index (χ1v) is 15.0. The van der Waals surface area contributed by atoms with E-state index < -0.39 is 0 Å². The number of H-pyrrole nitrogens is 1. The lowest BCUT2D eigenvalue weighted by atomic mass is 9.94. The monoisotopic (exact) mass is 622 g/mol. The molecule has 3 aromatic rings. The predicted octanol–water partition coefficient (Wildman–Crippen LogP) is 4.22. The molecule has 13 heteroatoms. The van der Waals surface area contributed by atoms with E-state index in [0.29, 0.717) is 51.1 Å². The summed E-state index contributed by atoms with van der Waals surface area (Å²) in [4.78, 5) is 51.2. The summed E-state index contributed by atoms with van der Waals surface area (Å²) in [5.41, 5.74) is 1.70. The number of imidazole rings is 1. The van der Waals surface area contributed by atoms with Crippen molar-refractivity contribution in [3.8, 4) is 22.8 Å². The van der Waals surface area contributed by atoms with Crippen LogP contribution in [0.4, 0.5) is 0 Å². The summed E-state index contributed by atoms with van der Waals surface area (Å²) in [5, 5.41) is 2.83. The fourth-order valence-electron chi connectivity index (χ4n) is 5.90. The molecule has 1 aliphatic heterocycles. The third-order valence-electron chi connectivity index (χ3n) is 7.83. The van der Waals surface area contributed by atoms with Gasteiger partial charge in [0.15, 0.2) is 18.1 Å². The van der Waals surface area contributed by atoms with E-state index in [0.717, 1.165) is 23.6 Å². The van der Waals surface area contributed by atoms with E-state index >= 15 is 0 Å². The number of carbonyl (C=O) groups is 2. The highest BCUT2D eigenvalue weighted by Crippen LogP contribution is 2.49. The molecule has 0 spiro atoms. The molecule has 3 fully saturated rings. The van der Waals surface area contributed by atoms with Crippen LogP contribution in [0, 0.1) is 11.8 Å². The lowest BCUT2D eigenvalue weighted by Crippen LogP contribution is -2.41. The molecule has 2 bridgehead atoms. The number of benzene rings is 1. The molecule has 6 rings (SSSR count). The van der Waals surface area contributed by atoms with Gasteiger partial charge in [0, 0.05) is 42.5 Å². The van der Waals surface area contributed by atoms with Gasteiger partial charge < -0.3 is 24.2 Å². The lowest BCUT2D eigenvalue weighted by molar-refractivity contribution is -0.191. The highest BCUT2D eigenvalue weighted by molar-refractivity contribution is 8.26. The molecule has 3 atom stereocenters. The second-order valence-electron chi connectivity index (χ2n) is 10.4. The largest absolute Gasteiger partial charge is 0.493 e. The minimum absolute atomic E-state index is 0.0199. The third kappa shape index (κ3) is 7.07. The number of carbonyl (C=O) groups excluding carboxylic acids is 4. The Hall–Kier alpha value is -4.19. The fourth-order valence-corrected chi connectivity index (χ4v) is 7.26. The van der Waals surface area contributed by atoms with Gasteiger partial charge in [0.2, 0.25) is 0 Å². The highest BCUT2D eigenvalue weighted by Gasteiger charge is 2.48. The number of hydrogen-bond donors (Lipinski definition) is 2. The van der Waals surface area contributed by atoms with E-state index in [1.165, 1.54) is 31.0 Å². The van der Waals surface area contributed by atoms with E-state index in [2.05, 4.69) is 15.3 Å². The number of nitrogens with zero attached hydrogens (tertiary/aromatic N) is 2. The van der Waals surface area contributed by atoms with Crippen LogP contribution >= 0.6 is 24.0 Å². The van der Waals surface area contributed by atoms with Crippen molar-refractivity contribution in [1.82, 2.24) is 20.2 Å². The van der Waals surface area contributed by atoms with Crippen LogP contribution in [-0.4, -0.2) is 63.5 Å². The van der Waals surface area contributed by atoms with Crippen molar-refractivity contribution >= 4 is 52.3 Å². The second-order valence-corrected chi connectivity index (χ2v) is 12.1. The number of rotatable bonds is 10. The quantitative estimate of drug-likeness (QED) is 0.249. The van der Waals surface area contributed by atoms with Crippen molar-refractivity contribution in [3.05, 3.63) is 59.2 Å². The molecule has 2 amide bonds. The number of aromatic amines is 1. The Morgan fingerprint density at radius 1 is 1.26 bits per heavy atom. The number of methoxy groups -OCH3 is 1. The third-order valence-corrected chi connectivity index (χ3v) is 9.16. The van der Waals surface area contributed by atoms with Gasteiger partial charge in [0.25, 0.3) is 11.8 Å². The Morgan fingerprint density at radius 3 is 2.79 bits per heavy atom. The van der Waals surface area contributed by atoms with Gasteiger partial charge in [-0.3, -0.25) is 14.5 Å². The number of thioether (sulfide) groups is 1.